The lowest BCUT2D eigenvalue weighted by atomic mass is 10.1. The molecular formula is C11H16N2O4. The van der Waals surface area contributed by atoms with Crippen LogP contribution in [0.25, 0.3) is 0 Å². The summed E-state index contributed by atoms with van der Waals surface area (Å²) in [5.41, 5.74) is -0.702. The number of esters is 1. The van der Waals surface area contributed by atoms with Gasteiger partial charge in [0.15, 0.2) is 5.82 Å². The summed E-state index contributed by atoms with van der Waals surface area (Å²) in [6.45, 7) is 4.32. The summed E-state index contributed by atoms with van der Waals surface area (Å²) in [4.78, 5) is 15.8. The van der Waals surface area contributed by atoms with E-state index in [1.807, 2.05) is 13.8 Å². The van der Waals surface area contributed by atoms with Crippen molar-refractivity contribution < 1.29 is 18.8 Å². The number of hydrogen-bond acceptors (Lipinski definition) is 6. The molecule has 0 spiro atoms. The third-order valence-corrected chi connectivity index (χ3v) is 2.96. The molecule has 1 heterocycles. The molecule has 1 saturated carbocycles. The third-order valence-electron chi connectivity index (χ3n) is 2.96. The molecule has 17 heavy (non-hydrogen) atoms. The Bertz CT molecular complexity index is 411. The molecule has 1 aromatic heterocycles. The van der Waals surface area contributed by atoms with Gasteiger partial charge in [-0.25, -0.2) is 0 Å². The lowest BCUT2D eigenvalue weighted by Crippen LogP contribution is -2.22. The van der Waals surface area contributed by atoms with E-state index in [4.69, 9.17) is 14.0 Å². The number of methoxy groups -OCH3 is 1. The topological polar surface area (TPSA) is 74.5 Å². The Kier molecular flexibility index (Phi) is 3.15. The molecule has 6 nitrogen and oxygen atoms in total. The Morgan fingerprint density at radius 2 is 2.29 bits per heavy atom. The SMILES string of the molecule is CCOC(C)c1noc(C2(C(=O)OC)CC2)n1. The minimum Gasteiger partial charge on any atom is -0.468 e. The van der Waals surface area contributed by atoms with E-state index in [0.717, 1.165) is 0 Å². The van der Waals surface area contributed by atoms with E-state index >= 15 is 0 Å². The van der Waals surface area contributed by atoms with E-state index in [0.29, 0.717) is 31.2 Å². The molecule has 2 rings (SSSR count). The Morgan fingerprint density at radius 1 is 1.59 bits per heavy atom. The van der Waals surface area contributed by atoms with Gasteiger partial charge in [0.05, 0.1) is 7.11 Å². The molecule has 1 unspecified atom stereocenters. The van der Waals surface area contributed by atoms with Crippen LogP contribution >= 0.6 is 0 Å². The first-order chi connectivity index (χ1) is 8.14. The van der Waals surface area contributed by atoms with Crippen LogP contribution in [0.1, 0.15) is 44.5 Å². The molecule has 0 N–H and O–H groups in total. The minimum absolute atomic E-state index is 0.231. The van der Waals surface area contributed by atoms with Crippen molar-refractivity contribution in [3.63, 3.8) is 0 Å². The van der Waals surface area contributed by atoms with E-state index in [9.17, 15) is 4.79 Å². The molecule has 0 bridgehead atoms. The van der Waals surface area contributed by atoms with Crippen LogP contribution in [-0.2, 0) is 19.7 Å². The molecule has 1 aliphatic carbocycles. The second-order valence-corrected chi connectivity index (χ2v) is 4.13. The van der Waals surface area contributed by atoms with Gasteiger partial charge in [0, 0.05) is 6.61 Å². The van der Waals surface area contributed by atoms with Crippen LogP contribution in [-0.4, -0.2) is 29.8 Å². The summed E-state index contributed by atoms with van der Waals surface area (Å²) >= 11 is 0. The number of aromatic nitrogens is 2. The van der Waals surface area contributed by atoms with Crippen molar-refractivity contribution in [1.82, 2.24) is 10.1 Å². The Hall–Kier alpha value is -1.43. The van der Waals surface area contributed by atoms with Gasteiger partial charge in [-0.15, -0.1) is 0 Å². The fraction of sp³-hybridized carbons (Fsp3) is 0.727. The zero-order valence-electron chi connectivity index (χ0n) is 10.2. The standard InChI is InChI=1S/C11H16N2O4/c1-4-16-7(2)8-12-9(17-13-8)11(5-6-11)10(14)15-3/h7H,4-6H2,1-3H3. The number of nitrogens with zero attached hydrogens (tertiary/aromatic N) is 2. The Balaban J connectivity index is 2.16. The first kappa shape index (κ1) is 12.0. The molecule has 1 aromatic rings. The van der Waals surface area contributed by atoms with Crippen LogP contribution in [0.4, 0.5) is 0 Å². The molecule has 94 valence electrons. The van der Waals surface area contributed by atoms with E-state index in [2.05, 4.69) is 10.1 Å². The van der Waals surface area contributed by atoms with E-state index < -0.39 is 5.41 Å². The lowest BCUT2D eigenvalue weighted by molar-refractivity contribution is -0.144. The summed E-state index contributed by atoms with van der Waals surface area (Å²) in [6.07, 6.45) is 1.17. The highest BCUT2D eigenvalue weighted by atomic mass is 16.5. The predicted molar refractivity (Wildman–Crippen MR) is 57.3 cm³/mol. The molecule has 0 radical (unpaired) electrons. The maximum atomic E-state index is 11.6. The zero-order chi connectivity index (χ0) is 12.5. The summed E-state index contributed by atoms with van der Waals surface area (Å²) in [5.74, 6) is 0.500. The zero-order valence-corrected chi connectivity index (χ0v) is 10.2. The highest BCUT2D eigenvalue weighted by Crippen LogP contribution is 2.48. The minimum atomic E-state index is -0.702. The molecule has 1 fully saturated rings. The Labute approximate surface area is 99.3 Å². The van der Waals surface area contributed by atoms with Gasteiger partial charge in [-0.1, -0.05) is 5.16 Å². The van der Waals surface area contributed by atoms with Crippen molar-refractivity contribution in [3.05, 3.63) is 11.7 Å². The molecule has 1 atom stereocenters. The van der Waals surface area contributed by atoms with E-state index in [-0.39, 0.29) is 12.1 Å². The van der Waals surface area contributed by atoms with Crippen molar-refractivity contribution in [1.29, 1.82) is 0 Å². The third kappa shape index (κ3) is 2.04. The van der Waals surface area contributed by atoms with Gasteiger partial charge in [-0.3, -0.25) is 4.79 Å². The maximum absolute atomic E-state index is 11.6. The van der Waals surface area contributed by atoms with E-state index in [1.54, 1.807) is 0 Å². The van der Waals surface area contributed by atoms with Crippen molar-refractivity contribution in [2.75, 3.05) is 13.7 Å². The molecule has 1 aliphatic rings. The average molecular weight is 240 g/mol. The summed E-state index contributed by atoms with van der Waals surface area (Å²) in [7, 11) is 1.36. The van der Waals surface area contributed by atoms with Crippen LogP contribution in [0, 0.1) is 0 Å². The quantitative estimate of drug-likeness (QED) is 0.724. The van der Waals surface area contributed by atoms with Crippen molar-refractivity contribution in [2.45, 2.75) is 38.2 Å². The van der Waals surface area contributed by atoms with Crippen molar-refractivity contribution >= 4 is 5.97 Å². The van der Waals surface area contributed by atoms with Gasteiger partial charge >= 0.3 is 5.97 Å². The largest absolute Gasteiger partial charge is 0.468 e. The smallest absolute Gasteiger partial charge is 0.321 e. The van der Waals surface area contributed by atoms with Gasteiger partial charge in [0.2, 0.25) is 5.89 Å². The fourth-order valence-electron chi connectivity index (χ4n) is 1.74. The van der Waals surface area contributed by atoms with Gasteiger partial charge < -0.3 is 14.0 Å². The van der Waals surface area contributed by atoms with Crippen LogP contribution in [0.15, 0.2) is 4.52 Å². The number of rotatable bonds is 5. The monoisotopic (exact) mass is 240 g/mol. The van der Waals surface area contributed by atoms with E-state index in [1.165, 1.54) is 7.11 Å². The number of ether oxygens (including phenoxy) is 2. The fourth-order valence-corrected chi connectivity index (χ4v) is 1.74. The van der Waals surface area contributed by atoms with Crippen molar-refractivity contribution in [3.8, 4) is 0 Å². The second kappa shape index (κ2) is 4.44. The number of carbonyl (C=O) groups excluding carboxylic acids is 1. The maximum Gasteiger partial charge on any atom is 0.321 e. The predicted octanol–water partition coefficient (Wildman–Crippen LogP) is 1.37. The van der Waals surface area contributed by atoms with Crippen molar-refractivity contribution in [2.24, 2.45) is 0 Å². The summed E-state index contributed by atoms with van der Waals surface area (Å²) < 4.78 is 15.3. The van der Waals surface area contributed by atoms with Crippen LogP contribution in [0.3, 0.4) is 0 Å². The first-order valence-corrected chi connectivity index (χ1v) is 5.68. The molecule has 6 heteroatoms. The van der Waals surface area contributed by atoms with Gasteiger partial charge in [0.25, 0.3) is 0 Å². The lowest BCUT2D eigenvalue weighted by Gasteiger charge is -2.07. The number of carbonyl (C=O) groups is 1. The number of hydrogen-bond donors (Lipinski definition) is 0. The molecular weight excluding hydrogens is 224 g/mol. The summed E-state index contributed by atoms with van der Waals surface area (Å²) in [5, 5.41) is 3.84. The highest BCUT2D eigenvalue weighted by Gasteiger charge is 2.57. The highest BCUT2D eigenvalue weighted by molar-refractivity contribution is 5.85. The van der Waals surface area contributed by atoms with Crippen LogP contribution < -0.4 is 0 Å². The van der Waals surface area contributed by atoms with Gasteiger partial charge in [-0.2, -0.15) is 4.98 Å². The van der Waals surface area contributed by atoms with Gasteiger partial charge in [-0.05, 0) is 26.7 Å². The van der Waals surface area contributed by atoms with Crippen LogP contribution in [0.2, 0.25) is 0 Å². The molecule has 0 saturated heterocycles. The van der Waals surface area contributed by atoms with Gasteiger partial charge in [0.1, 0.15) is 11.5 Å². The normalized spacial score (nSPS) is 18.8. The molecule has 0 amide bonds. The second-order valence-electron chi connectivity index (χ2n) is 4.13. The first-order valence-electron chi connectivity index (χ1n) is 5.68. The molecule has 0 aromatic carbocycles. The average Bonchev–Trinajstić information content (AvgIpc) is 2.99. The Morgan fingerprint density at radius 3 is 2.82 bits per heavy atom. The summed E-state index contributed by atoms with van der Waals surface area (Å²) in [6, 6.07) is 0. The molecule has 0 aliphatic heterocycles. The van der Waals surface area contributed by atoms with Crippen LogP contribution in [0.5, 0.6) is 0 Å².